The van der Waals surface area contributed by atoms with E-state index in [1.165, 1.54) is 21.1 Å². The largest absolute Gasteiger partial charge is 0.466 e. The van der Waals surface area contributed by atoms with Gasteiger partial charge >= 0.3 is 17.9 Å². The van der Waals surface area contributed by atoms with Gasteiger partial charge in [0.1, 0.15) is 5.54 Å². The first kappa shape index (κ1) is 19.7. The van der Waals surface area contributed by atoms with Crippen molar-refractivity contribution in [1.29, 1.82) is 0 Å². The summed E-state index contributed by atoms with van der Waals surface area (Å²) in [5.41, 5.74) is 0.903. The fourth-order valence-corrected chi connectivity index (χ4v) is 3.58. The van der Waals surface area contributed by atoms with Crippen LogP contribution in [-0.2, 0) is 33.4 Å². The first-order chi connectivity index (χ1) is 12.3. The number of methoxy groups -OCH3 is 2. The Morgan fingerprint density at radius 2 is 1.42 bits per heavy atom. The molecule has 0 atom stereocenters. The van der Waals surface area contributed by atoms with Crippen molar-refractivity contribution in [2.75, 3.05) is 20.8 Å². The summed E-state index contributed by atoms with van der Waals surface area (Å²) < 4.78 is 14.7. The van der Waals surface area contributed by atoms with Gasteiger partial charge in [-0.2, -0.15) is 0 Å². The van der Waals surface area contributed by atoms with Crippen molar-refractivity contribution >= 4 is 23.8 Å². The van der Waals surface area contributed by atoms with Gasteiger partial charge in [-0.15, -0.1) is 0 Å². The number of carbonyl (C=O) groups is 4. The Morgan fingerprint density at radius 3 is 1.77 bits per heavy atom. The quantitative estimate of drug-likeness (QED) is 0.439. The maximum atomic E-state index is 12.5. The molecular weight excluding hydrogens is 342 g/mol. The normalized spacial score (nSPS) is 18.2. The van der Waals surface area contributed by atoms with E-state index in [0.717, 1.165) is 11.1 Å². The molecule has 0 aliphatic heterocycles. The van der Waals surface area contributed by atoms with Crippen LogP contribution in [0.1, 0.15) is 39.5 Å². The second-order valence-corrected chi connectivity index (χ2v) is 6.34. The Morgan fingerprint density at radius 1 is 0.962 bits per heavy atom. The van der Waals surface area contributed by atoms with Crippen LogP contribution < -0.4 is 5.32 Å². The molecule has 0 heterocycles. The van der Waals surface area contributed by atoms with Crippen LogP contribution in [0.3, 0.4) is 0 Å². The Kier molecular flexibility index (Phi) is 5.84. The van der Waals surface area contributed by atoms with Gasteiger partial charge in [0.25, 0.3) is 0 Å². The number of hydrogen-bond donors (Lipinski definition) is 1. The van der Waals surface area contributed by atoms with Gasteiger partial charge in [0.15, 0.2) is 0 Å². The number of rotatable bonds is 5. The first-order valence-electron chi connectivity index (χ1n) is 8.32. The van der Waals surface area contributed by atoms with E-state index in [1.54, 1.807) is 6.92 Å². The smallest absolute Gasteiger partial charge is 0.334 e. The van der Waals surface area contributed by atoms with Crippen LogP contribution in [0.5, 0.6) is 0 Å². The van der Waals surface area contributed by atoms with Crippen LogP contribution in [0.4, 0.5) is 0 Å². The molecule has 142 valence electrons. The molecule has 26 heavy (non-hydrogen) atoms. The average molecular weight is 365 g/mol. The molecule has 0 bridgehead atoms. The molecule has 0 aromatic carbocycles. The lowest BCUT2D eigenvalue weighted by Gasteiger charge is -2.28. The van der Waals surface area contributed by atoms with Crippen molar-refractivity contribution in [1.82, 2.24) is 5.32 Å². The lowest BCUT2D eigenvalue weighted by molar-refractivity contribution is -0.152. The fourth-order valence-electron chi connectivity index (χ4n) is 3.58. The number of esters is 3. The standard InChI is InChI=1S/C18H23NO7/c1-5-26-17(23)18(19-10(2)20)8-11-6-13(15(21)24-3)14(16(22)25-4)7-12(11)9-18/h5-9H2,1-4H3,(H,19,20). The monoisotopic (exact) mass is 365 g/mol. The molecule has 8 heteroatoms. The number of nitrogens with one attached hydrogen (secondary N) is 1. The minimum absolute atomic E-state index is 0.174. The van der Waals surface area contributed by atoms with Crippen LogP contribution >= 0.6 is 0 Å². The molecule has 1 N–H and O–H groups in total. The van der Waals surface area contributed by atoms with Crippen molar-refractivity contribution in [3.63, 3.8) is 0 Å². The van der Waals surface area contributed by atoms with Crippen LogP contribution in [0.25, 0.3) is 0 Å². The summed E-state index contributed by atoms with van der Waals surface area (Å²) in [5, 5.41) is 2.71. The van der Waals surface area contributed by atoms with Crippen molar-refractivity contribution in [2.24, 2.45) is 0 Å². The minimum Gasteiger partial charge on any atom is -0.466 e. The summed E-state index contributed by atoms with van der Waals surface area (Å²) in [5.74, 6) is -2.09. The minimum atomic E-state index is -1.21. The highest BCUT2D eigenvalue weighted by Gasteiger charge is 2.49. The molecule has 2 aliphatic rings. The zero-order valence-corrected chi connectivity index (χ0v) is 15.4. The molecule has 0 saturated heterocycles. The van der Waals surface area contributed by atoms with E-state index >= 15 is 0 Å². The number of hydrogen-bond acceptors (Lipinski definition) is 7. The Bertz CT molecular complexity index is 677. The predicted octanol–water partition coefficient (Wildman–Crippen LogP) is 0.951. The SMILES string of the molecule is CCOC(=O)C1(NC(C)=O)CC2=C(CC(C(=O)OC)=C(C(=O)OC)C2)C1. The Balaban J connectivity index is 2.35. The Labute approximate surface area is 151 Å². The van der Waals surface area contributed by atoms with Gasteiger partial charge in [0, 0.05) is 32.6 Å². The third-order valence-electron chi connectivity index (χ3n) is 4.62. The molecule has 1 amide bonds. The molecule has 0 radical (unpaired) electrons. The number of amides is 1. The van der Waals surface area contributed by atoms with E-state index in [9.17, 15) is 19.2 Å². The van der Waals surface area contributed by atoms with Gasteiger partial charge in [-0.25, -0.2) is 14.4 Å². The molecule has 8 nitrogen and oxygen atoms in total. The molecule has 2 rings (SSSR count). The maximum absolute atomic E-state index is 12.5. The van der Waals surface area contributed by atoms with Gasteiger partial charge in [0.2, 0.25) is 5.91 Å². The van der Waals surface area contributed by atoms with Gasteiger partial charge in [-0.1, -0.05) is 11.1 Å². The number of ether oxygens (including phenoxy) is 3. The van der Waals surface area contributed by atoms with E-state index in [-0.39, 0.29) is 49.3 Å². The third kappa shape index (κ3) is 3.63. The fraction of sp³-hybridized carbons (Fsp3) is 0.556. The molecule has 0 aromatic heterocycles. The average Bonchev–Trinajstić information content (AvgIpc) is 2.96. The summed E-state index contributed by atoms with van der Waals surface area (Å²) in [6.45, 7) is 3.20. The van der Waals surface area contributed by atoms with Gasteiger partial charge in [-0.05, 0) is 6.92 Å². The van der Waals surface area contributed by atoms with Gasteiger partial charge in [0.05, 0.1) is 32.0 Å². The van der Waals surface area contributed by atoms with E-state index in [4.69, 9.17) is 14.2 Å². The van der Waals surface area contributed by atoms with Crippen LogP contribution in [-0.4, -0.2) is 50.2 Å². The zero-order valence-electron chi connectivity index (χ0n) is 15.4. The highest BCUT2D eigenvalue weighted by molar-refractivity contribution is 6.02. The molecular formula is C18H23NO7. The van der Waals surface area contributed by atoms with E-state index in [0.29, 0.717) is 0 Å². The third-order valence-corrected chi connectivity index (χ3v) is 4.62. The van der Waals surface area contributed by atoms with Crippen LogP contribution in [0, 0.1) is 0 Å². The number of carbonyl (C=O) groups excluding carboxylic acids is 4. The molecule has 0 saturated carbocycles. The molecule has 0 fully saturated rings. The topological polar surface area (TPSA) is 108 Å². The van der Waals surface area contributed by atoms with E-state index < -0.39 is 23.4 Å². The molecule has 0 spiro atoms. The van der Waals surface area contributed by atoms with Crippen molar-refractivity contribution in [2.45, 2.75) is 45.1 Å². The van der Waals surface area contributed by atoms with Crippen LogP contribution in [0.15, 0.2) is 22.3 Å². The predicted molar refractivity (Wildman–Crippen MR) is 89.7 cm³/mol. The van der Waals surface area contributed by atoms with Crippen molar-refractivity contribution in [3.8, 4) is 0 Å². The van der Waals surface area contributed by atoms with E-state index in [2.05, 4.69) is 5.32 Å². The summed E-state index contributed by atoms with van der Waals surface area (Å²) in [6, 6.07) is 0. The van der Waals surface area contributed by atoms with Gasteiger partial charge < -0.3 is 19.5 Å². The van der Waals surface area contributed by atoms with Gasteiger partial charge in [-0.3, -0.25) is 4.79 Å². The highest BCUT2D eigenvalue weighted by atomic mass is 16.5. The zero-order chi connectivity index (χ0) is 19.5. The lowest BCUT2D eigenvalue weighted by Crippen LogP contribution is -2.53. The summed E-state index contributed by atoms with van der Waals surface area (Å²) >= 11 is 0. The summed E-state index contributed by atoms with van der Waals surface area (Å²) in [7, 11) is 2.48. The summed E-state index contributed by atoms with van der Waals surface area (Å²) in [6.07, 6.45) is 0.811. The highest BCUT2D eigenvalue weighted by Crippen LogP contribution is 2.45. The Hall–Kier alpha value is -2.64. The van der Waals surface area contributed by atoms with E-state index in [1.807, 2.05) is 0 Å². The maximum Gasteiger partial charge on any atom is 0.334 e. The second kappa shape index (κ2) is 7.72. The first-order valence-corrected chi connectivity index (χ1v) is 8.32. The molecule has 0 aromatic rings. The lowest BCUT2D eigenvalue weighted by atomic mass is 9.87. The molecule has 0 unspecified atom stereocenters. The van der Waals surface area contributed by atoms with Crippen LogP contribution in [0.2, 0.25) is 0 Å². The van der Waals surface area contributed by atoms with Crippen molar-refractivity contribution in [3.05, 3.63) is 22.3 Å². The molecule has 2 aliphatic carbocycles. The summed E-state index contributed by atoms with van der Waals surface area (Å²) in [4.78, 5) is 48.4. The second-order valence-electron chi connectivity index (χ2n) is 6.34. The van der Waals surface area contributed by atoms with Crippen molar-refractivity contribution < 1.29 is 33.4 Å².